The first kappa shape index (κ1) is 18.9. The minimum atomic E-state index is -3.01. The van der Waals surface area contributed by atoms with E-state index >= 15 is 0 Å². The van der Waals surface area contributed by atoms with Gasteiger partial charge in [-0.05, 0) is 18.6 Å². The third-order valence-electron chi connectivity index (χ3n) is 4.14. The molecule has 1 unspecified atom stereocenters. The van der Waals surface area contributed by atoms with Crippen molar-refractivity contribution in [2.75, 3.05) is 36.4 Å². The summed E-state index contributed by atoms with van der Waals surface area (Å²) in [6.07, 6.45) is 1.77. The average molecular weight is 392 g/mol. The number of methoxy groups -OCH3 is 2. The third-order valence-corrected chi connectivity index (χ3v) is 5.91. The van der Waals surface area contributed by atoms with Gasteiger partial charge < -0.3 is 20.1 Å². The van der Waals surface area contributed by atoms with Crippen LogP contribution in [0, 0.1) is 0 Å². The SMILES string of the molecule is COc1ccc(NC(=O)c2cc(NC3CCS(=O)(=O)C3)ncn2)c(OC)c1. The van der Waals surface area contributed by atoms with Crippen molar-refractivity contribution in [3.05, 3.63) is 36.3 Å². The smallest absolute Gasteiger partial charge is 0.274 e. The van der Waals surface area contributed by atoms with Gasteiger partial charge in [0.1, 0.15) is 29.3 Å². The van der Waals surface area contributed by atoms with Gasteiger partial charge in [0.15, 0.2) is 9.84 Å². The maximum atomic E-state index is 12.5. The molecule has 1 fully saturated rings. The molecule has 0 saturated carbocycles. The highest BCUT2D eigenvalue weighted by Gasteiger charge is 2.28. The molecule has 1 aliphatic heterocycles. The zero-order valence-electron chi connectivity index (χ0n) is 14.9. The van der Waals surface area contributed by atoms with Crippen molar-refractivity contribution in [2.24, 2.45) is 0 Å². The molecule has 0 bridgehead atoms. The molecule has 9 nitrogen and oxygen atoms in total. The number of sulfone groups is 1. The van der Waals surface area contributed by atoms with Gasteiger partial charge in [0.25, 0.3) is 5.91 Å². The Morgan fingerprint density at radius 3 is 2.67 bits per heavy atom. The summed E-state index contributed by atoms with van der Waals surface area (Å²) in [5.41, 5.74) is 0.615. The fourth-order valence-corrected chi connectivity index (χ4v) is 4.44. The molecule has 10 heteroatoms. The van der Waals surface area contributed by atoms with E-state index in [2.05, 4.69) is 20.6 Å². The molecule has 0 spiro atoms. The number of hydrogen-bond acceptors (Lipinski definition) is 8. The normalized spacial score (nSPS) is 17.9. The van der Waals surface area contributed by atoms with E-state index in [9.17, 15) is 13.2 Å². The summed E-state index contributed by atoms with van der Waals surface area (Å²) in [7, 11) is 0.0270. The Kier molecular flexibility index (Phi) is 5.45. The molecule has 27 heavy (non-hydrogen) atoms. The number of amides is 1. The van der Waals surface area contributed by atoms with Crippen molar-refractivity contribution in [1.29, 1.82) is 0 Å². The van der Waals surface area contributed by atoms with Crippen LogP contribution in [0.15, 0.2) is 30.6 Å². The molecule has 1 aliphatic rings. The van der Waals surface area contributed by atoms with E-state index < -0.39 is 15.7 Å². The summed E-state index contributed by atoms with van der Waals surface area (Å²) in [6.45, 7) is 0. The third kappa shape index (κ3) is 4.64. The Bertz CT molecular complexity index is 948. The van der Waals surface area contributed by atoms with Crippen LogP contribution in [0.25, 0.3) is 0 Å². The molecule has 1 aromatic carbocycles. The first-order valence-electron chi connectivity index (χ1n) is 8.22. The first-order chi connectivity index (χ1) is 12.9. The predicted molar refractivity (Wildman–Crippen MR) is 100 cm³/mol. The molecule has 3 rings (SSSR count). The summed E-state index contributed by atoms with van der Waals surface area (Å²) < 4.78 is 33.5. The Morgan fingerprint density at radius 2 is 2.00 bits per heavy atom. The largest absolute Gasteiger partial charge is 0.497 e. The lowest BCUT2D eigenvalue weighted by molar-refractivity contribution is 0.102. The van der Waals surface area contributed by atoms with Gasteiger partial charge in [-0.25, -0.2) is 18.4 Å². The van der Waals surface area contributed by atoms with Gasteiger partial charge in [-0.2, -0.15) is 0 Å². The molecule has 2 aromatic rings. The van der Waals surface area contributed by atoms with Crippen molar-refractivity contribution >= 4 is 27.2 Å². The fraction of sp³-hybridized carbons (Fsp3) is 0.353. The molecule has 0 radical (unpaired) electrons. The van der Waals surface area contributed by atoms with Gasteiger partial charge in [0, 0.05) is 18.2 Å². The van der Waals surface area contributed by atoms with E-state index in [-0.39, 0.29) is 23.2 Å². The number of nitrogens with one attached hydrogen (secondary N) is 2. The quantitative estimate of drug-likeness (QED) is 0.756. The highest BCUT2D eigenvalue weighted by Crippen LogP contribution is 2.29. The molecule has 144 valence electrons. The monoisotopic (exact) mass is 392 g/mol. The topological polar surface area (TPSA) is 120 Å². The molecule has 0 aliphatic carbocycles. The Labute approximate surface area is 157 Å². The van der Waals surface area contributed by atoms with E-state index in [1.165, 1.54) is 26.6 Å². The van der Waals surface area contributed by atoms with E-state index in [4.69, 9.17) is 9.47 Å². The van der Waals surface area contributed by atoms with Crippen LogP contribution in [0.1, 0.15) is 16.9 Å². The standard InChI is InChI=1S/C17H20N4O5S/c1-25-12-3-4-13(15(7-12)26-2)21-17(22)14-8-16(19-10-18-14)20-11-5-6-27(23,24)9-11/h3-4,7-8,10-11H,5-6,9H2,1-2H3,(H,21,22)(H,18,19,20). The number of carbonyl (C=O) groups is 1. The van der Waals surface area contributed by atoms with E-state index in [0.29, 0.717) is 29.4 Å². The number of ether oxygens (including phenoxy) is 2. The van der Waals surface area contributed by atoms with Crippen molar-refractivity contribution < 1.29 is 22.7 Å². The zero-order valence-corrected chi connectivity index (χ0v) is 15.7. The maximum absolute atomic E-state index is 12.5. The van der Waals surface area contributed by atoms with Gasteiger partial charge >= 0.3 is 0 Å². The fourth-order valence-electron chi connectivity index (χ4n) is 2.77. The van der Waals surface area contributed by atoms with Crippen LogP contribution in [0.5, 0.6) is 11.5 Å². The molecule has 1 saturated heterocycles. The first-order valence-corrected chi connectivity index (χ1v) is 10.0. The van der Waals surface area contributed by atoms with Crippen molar-refractivity contribution in [2.45, 2.75) is 12.5 Å². The lowest BCUT2D eigenvalue weighted by atomic mass is 10.2. The number of hydrogen-bond donors (Lipinski definition) is 2. The second kappa shape index (κ2) is 7.78. The van der Waals surface area contributed by atoms with Crippen LogP contribution in [0.3, 0.4) is 0 Å². The minimum Gasteiger partial charge on any atom is -0.497 e. The van der Waals surface area contributed by atoms with Crippen LogP contribution < -0.4 is 20.1 Å². The Hall–Kier alpha value is -2.88. The van der Waals surface area contributed by atoms with Gasteiger partial charge in [-0.15, -0.1) is 0 Å². The lowest BCUT2D eigenvalue weighted by Gasteiger charge is -2.13. The van der Waals surface area contributed by atoms with Crippen LogP contribution in [-0.4, -0.2) is 56.1 Å². The van der Waals surface area contributed by atoms with Crippen LogP contribution in [0.2, 0.25) is 0 Å². The summed E-state index contributed by atoms with van der Waals surface area (Å²) in [4.78, 5) is 20.6. The van der Waals surface area contributed by atoms with Crippen molar-refractivity contribution in [3.8, 4) is 11.5 Å². The van der Waals surface area contributed by atoms with Crippen LogP contribution >= 0.6 is 0 Å². The van der Waals surface area contributed by atoms with E-state index in [1.54, 1.807) is 18.2 Å². The number of anilines is 2. The summed E-state index contributed by atoms with van der Waals surface area (Å²) in [5, 5.41) is 5.77. The van der Waals surface area contributed by atoms with Crippen LogP contribution in [-0.2, 0) is 9.84 Å². The second-order valence-electron chi connectivity index (χ2n) is 6.05. The van der Waals surface area contributed by atoms with Crippen molar-refractivity contribution in [1.82, 2.24) is 9.97 Å². The molecule has 1 aromatic heterocycles. The zero-order chi connectivity index (χ0) is 19.4. The van der Waals surface area contributed by atoms with Gasteiger partial charge in [-0.3, -0.25) is 4.79 Å². The molecule has 2 heterocycles. The number of benzene rings is 1. The number of rotatable bonds is 6. The Morgan fingerprint density at radius 1 is 1.19 bits per heavy atom. The van der Waals surface area contributed by atoms with Gasteiger partial charge in [0.05, 0.1) is 31.4 Å². The Balaban J connectivity index is 1.72. The number of aromatic nitrogens is 2. The number of nitrogens with zero attached hydrogens (tertiary/aromatic N) is 2. The van der Waals surface area contributed by atoms with Gasteiger partial charge in [0.2, 0.25) is 0 Å². The molecular formula is C17H20N4O5S. The molecule has 2 N–H and O–H groups in total. The molecular weight excluding hydrogens is 372 g/mol. The molecule has 1 atom stereocenters. The lowest BCUT2D eigenvalue weighted by Crippen LogP contribution is -2.22. The molecule has 1 amide bonds. The summed E-state index contributed by atoms with van der Waals surface area (Å²) >= 11 is 0. The average Bonchev–Trinajstić information content (AvgIpc) is 3.00. The van der Waals surface area contributed by atoms with E-state index in [1.807, 2.05) is 0 Å². The summed E-state index contributed by atoms with van der Waals surface area (Å²) in [6, 6.07) is 6.28. The van der Waals surface area contributed by atoms with Crippen molar-refractivity contribution in [3.63, 3.8) is 0 Å². The van der Waals surface area contributed by atoms with E-state index in [0.717, 1.165) is 0 Å². The van der Waals surface area contributed by atoms with Crippen LogP contribution in [0.4, 0.5) is 11.5 Å². The highest BCUT2D eigenvalue weighted by atomic mass is 32.2. The second-order valence-corrected chi connectivity index (χ2v) is 8.28. The predicted octanol–water partition coefficient (Wildman–Crippen LogP) is 1.35. The number of carbonyl (C=O) groups excluding carboxylic acids is 1. The van der Waals surface area contributed by atoms with Gasteiger partial charge in [-0.1, -0.05) is 0 Å². The summed E-state index contributed by atoms with van der Waals surface area (Å²) in [5.74, 6) is 1.22. The highest BCUT2D eigenvalue weighted by molar-refractivity contribution is 7.91. The maximum Gasteiger partial charge on any atom is 0.274 e. The minimum absolute atomic E-state index is 0.0571.